The molecule has 13 heteroatoms. The molecule has 0 unspecified atom stereocenters. The number of thiophene rings is 2. The summed E-state index contributed by atoms with van der Waals surface area (Å²) in [7, 11) is 0. The highest BCUT2D eigenvalue weighted by Gasteiger charge is 2.27. The summed E-state index contributed by atoms with van der Waals surface area (Å²) in [6.07, 6.45) is 0.261. The molecule has 1 aliphatic heterocycles. The summed E-state index contributed by atoms with van der Waals surface area (Å²) in [5.74, 6) is 0.390. The fourth-order valence-electron chi connectivity index (χ4n) is 4.33. The maximum atomic E-state index is 13.4. The molecule has 0 bridgehead atoms. The van der Waals surface area contributed by atoms with Crippen molar-refractivity contribution in [3.8, 4) is 15.7 Å². The standard InChI is InChI=1S/C23H24ClN5O5S2/c1-12(2)28-7-5-13(6-8-28)25-21(30)20-26-15-11-35-22(33-23(31)32)19(15)29(20)10-14-9-16(34-27-14)17-3-4-18(24)36-17/h3-4,9,11-13H,5-8,10H2,1-2H3,(H,25,30)(H,31,32). The van der Waals surface area contributed by atoms with Crippen LogP contribution in [0.3, 0.4) is 0 Å². The maximum Gasteiger partial charge on any atom is 0.512 e. The number of imidazole rings is 1. The van der Waals surface area contributed by atoms with E-state index >= 15 is 0 Å². The minimum Gasteiger partial charge on any atom is -0.449 e. The third-order valence-electron chi connectivity index (χ3n) is 6.14. The van der Waals surface area contributed by atoms with Crippen LogP contribution in [0.4, 0.5) is 4.79 Å². The van der Waals surface area contributed by atoms with Gasteiger partial charge in [-0.15, -0.1) is 22.7 Å². The van der Waals surface area contributed by atoms with Gasteiger partial charge in [-0.05, 0) is 38.8 Å². The largest absolute Gasteiger partial charge is 0.512 e. The number of piperidine rings is 1. The van der Waals surface area contributed by atoms with E-state index in [0.717, 1.165) is 42.1 Å². The van der Waals surface area contributed by atoms with Gasteiger partial charge in [-0.2, -0.15) is 0 Å². The van der Waals surface area contributed by atoms with Crippen molar-refractivity contribution in [2.45, 2.75) is 45.3 Å². The highest BCUT2D eigenvalue weighted by Crippen LogP contribution is 2.35. The highest BCUT2D eigenvalue weighted by molar-refractivity contribution is 7.19. The Morgan fingerprint density at radius 2 is 2.11 bits per heavy atom. The number of aromatic nitrogens is 3. The minimum absolute atomic E-state index is 0.0341. The van der Waals surface area contributed by atoms with E-state index in [4.69, 9.17) is 20.9 Å². The number of nitrogens with one attached hydrogen (secondary N) is 1. The normalized spacial score (nSPS) is 15.1. The molecule has 1 amide bonds. The number of halogens is 1. The topological polar surface area (TPSA) is 123 Å². The van der Waals surface area contributed by atoms with Gasteiger partial charge in [-0.1, -0.05) is 16.8 Å². The first-order valence-electron chi connectivity index (χ1n) is 11.4. The molecule has 0 aromatic carbocycles. The number of nitrogens with zero attached hydrogens (tertiary/aromatic N) is 4. The van der Waals surface area contributed by atoms with Gasteiger partial charge >= 0.3 is 6.16 Å². The Morgan fingerprint density at radius 1 is 1.33 bits per heavy atom. The summed E-state index contributed by atoms with van der Waals surface area (Å²) < 4.78 is 12.7. The van der Waals surface area contributed by atoms with E-state index in [1.54, 1.807) is 22.1 Å². The Balaban J connectivity index is 1.43. The lowest BCUT2D eigenvalue weighted by molar-refractivity contribution is 0.0887. The predicted octanol–water partition coefficient (Wildman–Crippen LogP) is 5.18. The van der Waals surface area contributed by atoms with Gasteiger partial charge in [-0.25, -0.2) is 9.78 Å². The second-order valence-corrected chi connectivity index (χ2v) is 11.4. The molecule has 0 aliphatic carbocycles. The molecule has 4 aromatic heterocycles. The number of ether oxygens (including phenoxy) is 1. The second kappa shape index (κ2) is 10.2. The van der Waals surface area contributed by atoms with E-state index in [9.17, 15) is 14.7 Å². The molecule has 10 nitrogen and oxygen atoms in total. The number of likely N-dealkylation sites (tertiary alicyclic amines) is 1. The van der Waals surface area contributed by atoms with Crippen molar-refractivity contribution in [3.63, 3.8) is 0 Å². The number of fused-ring (bicyclic) bond motifs is 1. The number of carbonyl (C=O) groups is 2. The number of carbonyl (C=O) groups excluding carboxylic acids is 1. The van der Waals surface area contributed by atoms with E-state index < -0.39 is 6.16 Å². The van der Waals surface area contributed by atoms with E-state index in [0.29, 0.717) is 32.9 Å². The zero-order chi connectivity index (χ0) is 25.4. The van der Waals surface area contributed by atoms with Crippen LogP contribution >= 0.6 is 34.3 Å². The highest BCUT2D eigenvalue weighted by atomic mass is 35.5. The van der Waals surface area contributed by atoms with Gasteiger partial charge < -0.3 is 29.2 Å². The summed E-state index contributed by atoms with van der Waals surface area (Å²) >= 11 is 8.51. The first-order valence-corrected chi connectivity index (χ1v) is 13.5. The number of carboxylic acid groups (broad SMARTS) is 1. The Kier molecular flexibility index (Phi) is 7.02. The molecule has 1 saturated heterocycles. The molecule has 36 heavy (non-hydrogen) atoms. The van der Waals surface area contributed by atoms with Crippen LogP contribution in [0.5, 0.6) is 5.06 Å². The van der Waals surface area contributed by atoms with Gasteiger partial charge in [0, 0.05) is 36.6 Å². The molecule has 0 spiro atoms. The Labute approximate surface area is 219 Å². The fourth-order valence-corrected chi connectivity index (χ4v) is 6.15. The van der Waals surface area contributed by atoms with E-state index in [1.165, 1.54) is 11.3 Å². The molecular formula is C23H24ClN5O5S2. The number of hydrogen-bond donors (Lipinski definition) is 2. The Hall–Kier alpha value is -2.93. The average molecular weight is 550 g/mol. The molecule has 4 aromatic rings. The van der Waals surface area contributed by atoms with Gasteiger partial charge in [0.05, 0.1) is 15.8 Å². The molecule has 190 valence electrons. The predicted molar refractivity (Wildman–Crippen MR) is 137 cm³/mol. The Bertz CT molecular complexity index is 1400. The van der Waals surface area contributed by atoms with Crippen molar-refractivity contribution < 1.29 is 24.0 Å². The SMILES string of the molecule is CC(C)N1CCC(NC(=O)c2nc3csc(OC(=O)O)c3n2Cc2cc(-c3ccc(Cl)s3)on2)CC1. The molecule has 5 heterocycles. The van der Waals surface area contributed by atoms with E-state index in [1.807, 2.05) is 6.07 Å². The first kappa shape index (κ1) is 24.8. The smallest absolute Gasteiger partial charge is 0.449 e. The van der Waals surface area contributed by atoms with Crippen LogP contribution in [0.2, 0.25) is 4.34 Å². The van der Waals surface area contributed by atoms with Crippen LogP contribution in [0.1, 0.15) is 43.0 Å². The van der Waals surface area contributed by atoms with Crippen molar-refractivity contribution in [1.29, 1.82) is 0 Å². The molecule has 1 fully saturated rings. The maximum absolute atomic E-state index is 13.4. The van der Waals surface area contributed by atoms with Crippen LogP contribution in [0.15, 0.2) is 28.1 Å². The molecule has 5 rings (SSSR count). The minimum atomic E-state index is -1.44. The molecule has 0 radical (unpaired) electrons. The van der Waals surface area contributed by atoms with Gasteiger partial charge in [0.1, 0.15) is 16.7 Å². The second-order valence-electron chi connectivity index (χ2n) is 8.81. The summed E-state index contributed by atoms with van der Waals surface area (Å²) in [4.78, 5) is 32.3. The Morgan fingerprint density at radius 3 is 2.78 bits per heavy atom. The molecule has 2 N–H and O–H groups in total. The van der Waals surface area contributed by atoms with Gasteiger partial charge in [0.25, 0.3) is 5.91 Å². The van der Waals surface area contributed by atoms with Crippen LogP contribution in [0, 0.1) is 0 Å². The first-order chi connectivity index (χ1) is 17.3. The third-order valence-corrected chi connectivity index (χ3v) is 8.22. The van der Waals surface area contributed by atoms with Crippen LogP contribution in [-0.2, 0) is 6.54 Å². The third kappa shape index (κ3) is 5.12. The summed E-state index contributed by atoms with van der Waals surface area (Å²) in [5.41, 5.74) is 1.44. The van der Waals surface area contributed by atoms with Crippen molar-refractivity contribution >= 4 is 57.4 Å². The van der Waals surface area contributed by atoms with E-state index in [-0.39, 0.29) is 29.4 Å². The lowest BCUT2D eigenvalue weighted by Crippen LogP contribution is -2.47. The summed E-state index contributed by atoms with van der Waals surface area (Å²) in [6.45, 7) is 6.30. The molecule has 1 aliphatic rings. The van der Waals surface area contributed by atoms with Crippen molar-refractivity contribution in [2.75, 3.05) is 13.1 Å². The van der Waals surface area contributed by atoms with Gasteiger partial charge in [0.2, 0.25) is 10.9 Å². The lowest BCUT2D eigenvalue weighted by Gasteiger charge is -2.34. The number of rotatable bonds is 7. The van der Waals surface area contributed by atoms with Crippen molar-refractivity contribution in [2.24, 2.45) is 0 Å². The van der Waals surface area contributed by atoms with Crippen molar-refractivity contribution in [3.05, 3.63) is 39.4 Å². The van der Waals surface area contributed by atoms with E-state index in [2.05, 4.69) is 34.2 Å². The molecule has 0 atom stereocenters. The monoisotopic (exact) mass is 549 g/mol. The molecular weight excluding hydrogens is 526 g/mol. The zero-order valence-electron chi connectivity index (χ0n) is 19.6. The fraction of sp³-hybridized carbons (Fsp3) is 0.391. The van der Waals surface area contributed by atoms with Crippen molar-refractivity contribution in [1.82, 2.24) is 24.9 Å². The quantitative estimate of drug-likeness (QED) is 0.302. The van der Waals surface area contributed by atoms with Crippen LogP contribution < -0.4 is 10.1 Å². The molecule has 0 saturated carbocycles. The average Bonchev–Trinajstić information content (AvgIpc) is 3.61. The zero-order valence-corrected chi connectivity index (χ0v) is 22.0. The van der Waals surface area contributed by atoms with Crippen LogP contribution in [0.25, 0.3) is 21.7 Å². The lowest BCUT2D eigenvalue weighted by atomic mass is 10.0. The summed E-state index contributed by atoms with van der Waals surface area (Å²) in [5, 5.41) is 18.3. The van der Waals surface area contributed by atoms with Gasteiger partial charge in [0.15, 0.2) is 5.76 Å². The number of amides is 1. The number of hydrogen-bond acceptors (Lipinski definition) is 9. The van der Waals surface area contributed by atoms with Gasteiger partial charge in [-0.3, -0.25) is 4.79 Å². The van der Waals surface area contributed by atoms with Crippen LogP contribution in [-0.4, -0.2) is 61.9 Å². The summed E-state index contributed by atoms with van der Waals surface area (Å²) in [6, 6.07) is 5.89.